The molecule has 2 aromatic rings. The van der Waals surface area contributed by atoms with Gasteiger partial charge in [-0.3, -0.25) is 0 Å². The third kappa shape index (κ3) is 2.68. The van der Waals surface area contributed by atoms with E-state index in [-0.39, 0.29) is 11.2 Å². The minimum absolute atomic E-state index is 0.215. The van der Waals surface area contributed by atoms with Crippen molar-refractivity contribution < 1.29 is 4.39 Å². The zero-order chi connectivity index (χ0) is 15.1. The first-order valence-corrected chi connectivity index (χ1v) is 6.89. The highest BCUT2D eigenvalue weighted by Crippen LogP contribution is 2.31. The van der Waals surface area contributed by atoms with Gasteiger partial charge >= 0.3 is 0 Å². The minimum atomic E-state index is -0.242. The molecule has 0 atom stereocenters. The van der Waals surface area contributed by atoms with E-state index in [9.17, 15) is 4.39 Å². The van der Waals surface area contributed by atoms with E-state index in [2.05, 4.69) is 9.97 Å². The van der Waals surface area contributed by atoms with E-state index in [0.29, 0.717) is 22.2 Å². The lowest BCUT2D eigenvalue weighted by Crippen LogP contribution is -2.17. The molecule has 0 radical (unpaired) electrons. The van der Waals surface area contributed by atoms with Gasteiger partial charge in [-0.1, -0.05) is 44.5 Å². The van der Waals surface area contributed by atoms with Crippen LogP contribution in [0.3, 0.4) is 0 Å². The van der Waals surface area contributed by atoms with Gasteiger partial charge in [0.05, 0.1) is 5.69 Å². The smallest absolute Gasteiger partial charge is 0.136 e. The van der Waals surface area contributed by atoms with Crippen LogP contribution >= 0.6 is 11.6 Å². The fourth-order valence-electron chi connectivity index (χ4n) is 1.95. The molecule has 4 heteroatoms. The number of benzene rings is 1. The van der Waals surface area contributed by atoms with Gasteiger partial charge < -0.3 is 0 Å². The third-order valence-electron chi connectivity index (χ3n) is 3.28. The van der Waals surface area contributed by atoms with Crippen LogP contribution in [0.15, 0.2) is 18.2 Å². The number of aromatic nitrogens is 2. The molecule has 0 aliphatic rings. The summed E-state index contributed by atoms with van der Waals surface area (Å²) in [5.41, 5.74) is 2.59. The van der Waals surface area contributed by atoms with Crippen LogP contribution in [0.4, 0.5) is 4.39 Å². The maximum absolute atomic E-state index is 13.8. The summed E-state index contributed by atoms with van der Waals surface area (Å²) < 4.78 is 13.8. The molecular formula is C16H18ClFN2. The topological polar surface area (TPSA) is 25.8 Å². The van der Waals surface area contributed by atoms with E-state index < -0.39 is 0 Å². The van der Waals surface area contributed by atoms with E-state index >= 15 is 0 Å². The van der Waals surface area contributed by atoms with Crippen LogP contribution < -0.4 is 0 Å². The summed E-state index contributed by atoms with van der Waals surface area (Å²) in [5.74, 6) is 0.417. The molecule has 1 heterocycles. The second-order valence-electron chi connectivity index (χ2n) is 5.97. The average molecular weight is 293 g/mol. The Morgan fingerprint density at radius 3 is 2.30 bits per heavy atom. The van der Waals surface area contributed by atoms with Crippen LogP contribution in [0.5, 0.6) is 0 Å². The van der Waals surface area contributed by atoms with Crippen LogP contribution in [0.1, 0.15) is 37.7 Å². The molecule has 1 aromatic carbocycles. The molecule has 2 nitrogen and oxygen atoms in total. The van der Waals surface area contributed by atoms with Gasteiger partial charge in [0.1, 0.15) is 16.8 Å². The first-order chi connectivity index (χ1) is 9.21. The van der Waals surface area contributed by atoms with Gasteiger partial charge in [0.2, 0.25) is 0 Å². The highest BCUT2D eigenvalue weighted by molar-refractivity contribution is 6.30. The first-order valence-electron chi connectivity index (χ1n) is 6.52. The van der Waals surface area contributed by atoms with Crippen LogP contribution in [0.2, 0.25) is 5.15 Å². The van der Waals surface area contributed by atoms with Crippen molar-refractivity contribution in [3.05, 3.63) is 46.1 Å². The maximum atomic E-state index is 13.8. The number of nitrogens with zero attached hydrogens (tertiary/aromatic N) is 2. The molecule has 2 rings (SSSR count). The Morgan fingerprint density at radius 2 is 1.70 bits per heavy atom. The number of hydrogen-bond acceptors (Lipinski definition) is 2. The zero-order valence-electron chi connectivity index (χ0n) is 12.4. The lowest BCUT2D eigenvalue weighted by atomic mass is 9.94. The highest BCUT2D eigenvalue weighted by Gasteiger charge is 2.22. The Morgan fingerprint density at radius 1 is 1.05 bits per heavy atom. The highest BCUT2D eigenvalue weighted by atomic mass is 35.5. The quantitative estimate of drug-likeness (QED) is 0.702. The Bertz CT molecular complexity index is 660. The Labute approximate surface area is 124 Å². The largest absolute Gasteiger partial charge is 0.232 e. The molecule has 0 fully saturated rings. The molecule has 0 saturated heterocycles. The summed E-state index contributed by atoms with van der Waals surface area (Å²) in [6.07, 6.45) is 0. The molecule has 0 N–H and O–H groups in total. The molecule has 0 bridgehead atoms. The lowest BCUT2D eigenvalue weighted by molar-refractivity contribution is 0.545. The van der Waals surface area contributed by atoms with E-state index in [1.807, 2.05) is 33.8 Å². The summed E-state index contributed by atoms with van der Waals surface area (Å²) in [7, 11) is 0. The number of hydrogen-bond donors (Lipinski definition) is 0. The summed E-state index contributed by atoms with van der Waals surface area (Å²) in [6.45, 7) is 9.67. The van der Waals surface area contributed by atoms with Gasteiger partial charge in [-0.05, 0) is 25.5 Å². The predicted molar refractivity (Wildman–Crippen MR) is 80.6 cm³/mol. The van der Waals surface area contributed by atoms with Crippen molar-refractivity contribution in [2.45, 2.75) is 40.0 Å². The van der Waals surface area contributed by atoms with Crippen molar-refractivity contribution in [3.8, 4) is 11.3 Å². The standard InChI is InChI=1S/C16H18ClFN2/c1-9-11(7-6-8-12(9)18)13-10(2)14(17)20-15(19-13)16(3,4)5/h6-8H,1-5H3. The molecule has 0 aliphatic carbocycles. The van der Waals surface area contributed by atoms with Crippen molar-refractivity contribution in [1.82, 2.24) is 9.97 Å². The van der Waals surface area contributed by atoms with E-state index in [1.54, 1.807) is 13.0 Å². The molecule has 0 saturated carbocycles. The number of halogens is 2. The van der Waals surface area contributed by atoms with E-state index in [0.717, 1.165) is 11.1 Å². The lowest BCUT2D eigenvalue weighted by Gasteiger charge is -2.19. The van der Waals surface area contributed by atoms with E-state index in [1.165, 1.54) is 6.07 Å². The van der Waals surface area contributed by atoms with Crippen molar-refractivity contribution in [2.75, 3.05) is 0 Å². The maximum Gasteiger partial charge on any atom is 0.136 e. The SMILES string of the molecule is Cc1c(F)cccc1-c1nc(C(C)(C)C)nc(Cl)c1C. The molecule has 1 aromatic heterocycles. The van der Waals surface area contributed by atoms with Crippen LogP contribution in [-0.2, 0) is 5.41 Å². The Balaban J connectivity index is 2.74. The van der Waals surface area contributed by atoms with E-state index in [4.69, 9.17) is 11.6 Å². The summed E-state index contributed by atoms with van der Waals surface area (Å²) in [4.78, 5) is 8.96. The van der Waals surface area contributed by atoms with Gasteiger partial charge in [0, 0.05) is 16.5 Å². The van der Waals surface area contributed by atoms with Crippen molar-refractivity contribution in [1.29, 1.82) is 0 Å². The Kier molecular flexibility index (Phi) is 3.83. The predicted octanol–water partition coefficient (Wildman–Crippen LogP) is 4.85. The molecular weight excluding hydrogens is 275 g/mol. The number of rotatable bonds is 1. The fourth-order valence-corrected chi connectivity index (χ4v) is 2.12. The Hall–Kier alpha value is -1.48. The normalized spacial score (nSPS) is 11.8. The first kappa shape index (κ1) is 14.9. The van der Waals surface area contributed by atoms with Gasteiger partial charge in [-0.2, -0.15) is 0 Å². The average Bonchev–Trinajstić information content (AvgIpc) is 2.35. The summed E-state index contributed by atoms with van der Waals surface area (Å²) >= 11 is 6.22. The van der Waals surface area contributed by atoms with Crippen molar-refractivity contribution in [3.63, 3.8) is 0 Å². The molecule has 0 aliphatic heterocycles. The van der Waals surface area contributed by atoms with Gasteiger partial charge in [-0.25, -0.2) is 14.4 Å². The molecule has 0 spiro atoms. The molecule has 106 valence electrons. The zero-order valence-corrected chi connectivity index (χ0v) is 13.1. The van der Waals surface area contributed by atoms with Crippen LogP contribution in [0.25, 0.3) is 11.3 Å². The molecule has 0 amide bonds. The van der Waals surface area contributed by atoms with Crippen molar-refractivity contribution >= 4 is 11.6 Å². The second-order valence-corrected chi connectivity index (χ2v) is 6.33. The minimum Gasteiger partial charge on any atom is -0.232 e. The third-order valence-corrected chi connectivity index (χ3v) is 3.65. The second kappa shape index (κ2) is 5.13. The van der Waals surface area contributed by atoms with Gasteiger partial charge in [0.15, 0.2) is 0 Å². The molecule has 0 unspecified atom stereocenters. The van der Waals surface area contributed by atoms with Crippen molar-refractivity contribution in [2.24, 2.45) is 0 Å². The van der Waals surface area contributed by atoms with Gasteiger partial charge in [-0.15, -0.1) is 0 Å². The van der Waals surface area contributed by atoms with Crippen LogP contribution in [-0.4, -0.2) is 9.97 Å². The summed E-state index contributed by atoms with van der Waals surface area (Å²) in [5, 5.41) is 0.420. The summed E-state index contributed by atoms with van der Waals surface area (Å²) in [6, 6.07) is 4.99. The fraction of sp³-hybridized carbons (Fsp3) is 0.375. The monoisotopic (exact) mass is 292 g/mol. The molecule has 20 heavy (non-hydrogen) atoms. The van der Waals surface area contributed by atoms with Gasteiger partial charge in [0.25, 0.3) is 0 Å². The van der Waals surface area contributed by atoms with Crippen LogP contribution in [0, 0.1) is 19.7 Å².